The monoisotopic (exact) mass is 262 g/mol. The zero-order valence-electron chi connectivity index (χ0n) is 7.38. The van der Waals surface area contributed by atoms with Crippen molar-refractivity contribution < 1.29 is 8.78 Å². The molecule has 1 aromatic rings. The Bertz CT molecular complexity index is 343. The summed E-state index contributed by atoms with van der Waals surface area (Å²) in [6.45, 7) is 0.215. The molecule has 0 unspecified atom stereocenters. The lowest BCUT2D eigenvalue weighted by Gasteiger charge is -2.17. The van der Waals surface area contributed by atoms with Gasteiger partial charge in [0.1, 0.15) is 4.60 Å². The maximum absolute atomic E-state index is 12.9. The van der Waals surface area contributed by atoms with Crippen molar-refractivity contribution in [2.24, 2.45) is 0 Å². The van der Waals surface area contributed by atoms with Gasteiger partial charge in [-0.05, 0) is 28.1 Å². The van der Waals surface area contributed by atoms with Gasteiger partial charge in [0.15, 0.2) is 0 Å². The van der Waals surface area contributed by atoms with Crippen LogP contribution in [0.2, 0.25) is 0 Å². The molecule has 2 nitrogen and oxygen atoms in total. The number of hydrogen-bond donors (Lipinski definition) is 0. The third-order valence-corrected chi connectivity index (χ3v) is 2.68. The van der Waals surface area contributed by atoms with Crippen LogP contribution >= 0.6 is 15.9 Å². The summed E-state index contributed by atoms with van der Waals surface area (Å²) >= 11 is 3.21. The predicted octanol–water partition coefficient (Wildman–Crippen LogP) is 2.69. The Labute approximate surface area is 89.1 Å². The van der Waals surface area contributed by atoms with Crippen LogP contribution in [0.15, 0.2) is 22.9 Å². The van der Waals surface area contributed by atoms with Crippen molar-refractivity contribution >= 4 is 21.6 Å². The molecule has 0 amide bonds. The second kappa shape index (κ2) is 3.46. The first-order valence-electron chi connectivity index (χ1n) is 4.31. The fraction of sp³-hybridized carbons (Fsp3) is 0.444. The van der Waals surface area contributed by atoms with E-state index in [4.69, 9.17) is 0 Å². The van der Waals surface area contributed by atoms with Crippen LogP contribution in [0, 0.1) is 0 Å². The fourth-order valence-electron chi connectivity index (χ4n) is 1.55. The lowest BCUT2D eigenvalue weighted by Crippen LogP contribution is -2.24. The maximum Gasteiger partial charge on any atom is 0.266 e. The molecule has 2 rings (SSSR count). The van der Waals surface area contributed by atoms with Gasteiger partial charge in [0.05, 0.1) is 6.54 Å². The summed E-state index contributed by atoms with van der Waals surface area (Å²) < 4.78 is 26.5. The summed E-state index contributed by atoms with van der Waals surface area (Å²) in [5.41, 5.74) is 0.795. The van der Waals surface area contributed by atoms with Gasteiger partial charge in [-0.2, -0.15) is 0 Å². The molecule has 2 heterocycles. The second-order valence-electron chi connectivity index (χ2n) is 3.36. The summed E-state index contributed by atoms with van der Waals surface area (Å²) in [5, 5.41) is 0. The highest BCUT2D eigenvalue weighted by Gasteiger charge is 2.38. The molecule has 0 aromatic carbocycles. The molecule has 0 bridgehead atoms. The molecule has 0 saturated carbocycles. The molecule has 14 heavy (non-hydrogen) atoms. The van der Waals surface area contributed by atoms with Crippen LogP contribution in [-0.4, -0.2) is 24.0 Å². The summed E-state index contributed by atoms with van der Waals surface area (Å²) in [5.74, 6) is -2.55. The van der Waals surface area contributed by atoms with E-state index in [1.807, 2.05) is 0 Å². The van der Waals surface area contributed by atoms with E-state index in [1.165, 1.54) is 0 Å². The Morgan fingerprint density at radius 3 is 2.86 bits per heavy atom. The van der Waals surface area contributed by atoms with Crippen LogP contribution in [-0.2, 0) is 0 Å². The zero-order chi connectivity index (χ0) is 10.2. The number of nitrogens with zero attached hydrogens (tertiary/aromatic N) is 2. The molecule has 0 radical (unpaired) electrons. The third kappa shape index (κ3) is 2.03. The number of anilines is 1. The van der Waals surface area contributed by atoms with Gasteiger partial charge in [0.2, 0.25) is 0 Å². The van der Waals surface area contributed by atoms with Gasteiger partial charge in [-0.15, -0.1) is 0 Å². The van der Waals surface area contributed by atoms with E-state index in [1.54, 1.807) is 23.2 Å². The smallest absolute Gasteiger partial charge is 0.266 e. The van der Waals surface area contributed by atoms with Crippen LogP contribution in [0.5, 0.6) is 0 Å². The van der Waals surface area contributed by atoms with Crippen molar-refractivity contribution in [3.63, 3.8) is 0 Å². The second-order valence-corrected chi connectivity index (χ2v) is 4.18. The Balaban J connectivity index is 2.17. The normalized spacial score (nSPS) is 20.1. The van der Waals surface area contributed by atoms with E-state index in [0.717, 1.165) is 5.69 Å². The summed E-state index contributed by atoms with van der Waals surface area (Å²) in [4.78, 5) is 5.62. The maximum atomic E-state index is 12.9. The van der Waals surface area contributed by atoms with Crippen LogP contribution < -0.4 is 4.90 Å². The van der Waals surface area contributed by atoms with Crippen molar-refractivity contribution in [1.82, 2.24) is 4.98 Å². The average molecular weight is 263 g/mol. The van der Waals surface area contributed by atoms with Gasteiger partial charge in [-0.25, -0.2) is 13.8 Å². The molecule has 1 aliphatic heterocycles. The predicted molar refractivity (Wildman–Crippen MR) is 53.7 cm³/mol. The summed E-state index contributed by atoms with van der Waals surface area (Å²) in [6.07, 6.45) is 1.54. The molecule has 0 spiro atoms. The largest absolute Gasteiger partial charge is 0.365 e. The molecular weight excluding hydrogens is 254 g/mol. The molecule has 76 valence electrons. The lowest BCUT2D eigenvalue weighted by atomic mass is 10.3. The summed E-state index contributed by atoms with van der Waals surface area (Å²) in [6, 6.07) is 3.49. The molecule has 0 N–H and O–H groups in total. The molecular formula is C9H9BrF2N2. The van der Waals surface area contributed by atoms with Gasteiger partial charge in [-0.3, -0.25) is 0 Å². The molecule has 1 fully saturated rings. The highest BCUT2D eigenvalue weighted by atomic mass is 79.9. The number of pyridine rings is 1. The van der Waals surface area contributed by atoms with Gasteiger partial charge < -0.3 is 4.90 Å². The van der Waals surface area contributed by atoms with Crippen molar-refractivity contribution in [1.29, 1.82) is 0 Å². The van der Waals surface area contributed by atoms with Crippen LogP contribution in [0.1, 0.15) is 6.42 Å². The first-order chi connectivity index (χ1) is 6.57. The number of aromatic nitrogens is 1. The number of hydrogen-bond acceptors (Lipinski definition) is 2. The standard InChI is InChI=1S/C9H9BrF2N2/c10-8-5-7(1-3-13-8)14-4-2-9(11,12)6-14/h1,3,5H,2,4,6H2. The van der Waals surface area contributed by atoms with Gasteiger partial charge >= 0.3 is 0 Å². The van der Waals surface area contributed by atoms with Crippen LogP contribution in [0.25, 0.3) is 0 Å². The average Bonchev–Trinajstić information content (AvgIpc) is 2.46. The van der Waals surface area contributed by atoms with E-state index in [9.17, 15) is 8.78 Å². The Hall–Kier alpha value is -0.710. The SMILES string of the molecule is FC1(F)CCN(c2ccnc(Br)c2)C1. The Morgan fingerprint density at radius 2 is 2.29 bits per heavy atom. The van der Waals surface area contributed by atoms with E-state index < -0.39 is 5.92 Å². The van der Waals surface area contributed by atoms with Crippen LogP contribution in [0.4, 0.5) is 14.5 Å². The number of rotatable bonds is 1. The zero-order valence-corrected chi connectivity index (χ0v) is 8.97. The van der Waals surface area contributed by atoms with Crippen LogP contribution in [0.3, 0.4) is 0 Å². The van der Waals surface area contributed by atoms with E-state index >= 15 is 0 Å². The lowest BCUT2D eigenvalue weighted by molar-refractivity contribution is 0.0257. The highest BCUT2D eigenvalue weighted by Crippen LogP contribution is 2.31. The summed E-state index contributed by atoms with van der Waals surface area (Å²) in [7, 11) is 0. The Kier molecular flexibility index (Phi) is 2.43. The minimum absolute atomic E-state index is 0.0626. The molecule has 1 aliphatic rings. The van der Waals surface area contributed by atoms with Crippen molar-refractivity contribution in [3.8, 4) is 0 Å². The minimum atomic E-state index is -2.55. The van der Waals surface area contributed by atoms with Crippen molar-refractivity contribution in [2.75, 3.05) is 18.0 Å². The van der Waals surface area contributed by atoms with Crippen molar-refractivity contribution in [3.05, 3.63) is 22.9 Å². The Morgan fingerprint density at radius 1 is 1.50 bits per heavy atom. The molecule has 1 aromatic heterocycles. The fourth-order valence-corrected chi connectivity index (χ4v) is 1.90. The first-order valence-corrected chi connectivity index (χ1v) is 5.10. The van der Waals surface area contributed by atoms with E-state index in [-0.39, 0.29) is 13.0 Å². The molecule has 5 heteroatoms. The minimum Gasteiger partial charge on any atom is -0.365 e. The quantitative estimate of drug-likeness (QED) is 0.724. The molecule has 0 atom stereocenters. The topological polar surface area (TPSA) is 16.1 Å². The molecule has 0 aliphatic carbocycles. The van der Waals surface area contributed by atoms with E-state index in [0.29, 0.717) is 11.1 Å². The number of alkyl halides is 2. The van der Waals surface area contributed by atoms with E-state index in [2.05, 4.69) is 20.9 Å². The van der Waals surface area contributed by atoms with Gasteiger partial charge in [-0.1, -0.05) is 0 Å². The molecule has 1 saturated heterocycles. The van der Waals surface area contributed by atoms with Gasteiger partial charge in [0, 0.05) is 24.8 Å². The third-order valence-electron chi connectivity index (χ3n) is 2.24. The number of halogens is 3. The van der Waals surface area contributed by atoms with Gasteiger partial charge in [0.25, 0.3) is 5.92 Å². The first kappa shape index (κ1) is 9.83. The van der Waals surface area contributed by atoms with Crippen molar-refractivity contribution in [2.45, 2.75) is 12.3 Å². The highest BCUT2D eigenvalue weighted by molar-refractivity contribution is 9.10.